The zero-order valence-electron chi connectivity index (χ0n) is 16.1. The summed E-state index contributed by atoms with van der Waals surface area (Å²) in [5.41, 5.74) is 2.20. The molecule has 0 fully saturated rings. The maximum absolute atomic E-state index is 12.9. The molecule has 1 amide bonds. The number of fused-ring (bicyclic) bond motifs is 2. The average molecular weight is 423 g/mol. The SMILES string of the molecule is C[C@H](NC(=O)CN1CCc2sccc2[C@H]1c1cccs1)c1cc2ccccc2o1. The number of carbonyl (C=O) groups excluding carboxylic acids is 1. The van der Waals surface area contributed by atoms with E-state index in [1.165, 1.54) is 15.3 Å². The van der Waals surface area contributed by atoms with Gasteiger partial charge in [0, 0.05) is 21.7 Å². The van der Waals surface area contributed by atoms with Crippen LogP contribution in [0.5, 0.6) is 0 Å². The number of hydrogen-bond donors (Lipinski definition) is 1. The third-order valence-electron chi connectivity index (χ3n) is 5.47. The van der Waals surface area contributed by atoms with E-state index in [0.29, 0.717) is 6.54 Å². The van der Waals surface area contributed by atoms with Crippen LogP contribution in [0.3, 0.4) is 0 Å². The van der Waals surface area contributed by atoms with Gasteiger partial charge in [0.25, 0.3) is 0 Å². The van der Waals surface area contributed by atoms with Gasteiger partial charge < -0.3 is 9.73 Å². The maximum atomic E-state index is 12.9. The number of nitrogens with one attached hydrogen (secondary N) is 1. The number of carbonyl (C=O) groups is 1. The van der Waals surface area contributed by atoms with Gasteiger partial charge in [0.15, 0.2) is 0 Å². The summed E-state index contributed by atoms with van der Waals surface area (Å²) in [7, 11) is 0. The first-order chi connectivity index (χ1) is 14.2. The molecule has 4 aromatic rings. The zero-order valence-corrected chi connectivity index (χ0v) is 17.8. The third-order valence-corrected chi connectivity index (χ3v) is 7.40. The lowest BCUT2D eigenvalue weighted by Gasteiger charge is -2.35. The van der Waals surface area contributed by atoms with Crippen molar-refractivity contribution in [3.05, 3.63) is 80.4 Å². The van der Waals surface area contributed by atoms with Gasteiger partial charge in [-0.2, -0.15) is 0 Å². The summed E-state index contributed by atoms with van der Waals surface area (Å²) in [6, 6.07) is 16.4. The number of hydrogen-bond acceptors (Lipinski definition) is 5. The molecule has 1 aliphatic heterocycles. The van der Waals surface area contributed by atoms with Crippen molar-refractivity contribution in [2.45, 2.75) is 25.4 Å². The van der Waals surface area contributed by atoms with Gasteiger partial charge in [0.1, 0.15) is 11.3 Å². The van der Waals surface area contributed by atoms with Crippen LogP contribution in [-0.2, 0) is 11.2 Å². The summed E-state index contributed by atoms with van der Waals surface area (Å²) < 4.78 is 5.91. The van der Waals surface area contributed by atoms with Crippen LogP contribution < -0.4 is 5.32 Å². The van der Waals surface area contributed by atoms with E-state index < -0.39 is 0 Å². The fraction of sp³-hybridized carbons (Fsp3) is 0.261. The van der Waals surface area contributed by atoms with Crippen LogP contribution in [0.1, 0.15) is 40.1 Å². The predicted molar refractivity (Wildman–Crippen MR) is 119 cm³/mol. The second-order valence-electron chi connectivity index (χ2n) is 7.41. The summed E-state index contributed by atoms with van der Waals surface area (Å²) >= 11 is 3.58. The number of rotatable bonds is 5. The first-order valence-electron chi connectivity index (χ1n) is 9.80. The lowest BCUT2D eigenvalue weighted by atomic mass is 9.98. The molecule has 0 bridgehead atoms. The van der Waals surface area contributed by atoms with Gasteiger partial charge in [-0.15, -0.1) is 22.7 Å². The minimum absolute atomic E-state index is 0.0261. The molecule has 6 heteroatoms. The largest absolute Gasteiger partial charge is 0.459 e. The molecular formula is C23H22N2O2S2. The fourth-order valence-corrected chi connectivity index (χ4v) is 5.86. The predicted octanol–water partition coefficient (Wildman–Crippen LogP) is 5.38. The Morgan fingerprint density at radius 2 is 2.10 bits per heavy atom. The van der Waals surface area contributed by atoms with E-state index in [2.05, 4.69) is 39.2 Å². The first-order valence-corrected chi connectivity index (χ1v) is 11.6. The van der Waals surface area contributed by atoms with Crippen molar-refractivity contribution in [1.82, 2.24) is 10.2 Å². The lowest BCUT2D eigenvalue weighted by molar-refractivity contribution is -0.123. The van der Waals surface area contributed by atoms with Gasteiger partial charge in [-0.1, -0.05) is 24.3 Å². The Bertz CT molecular complexity index is 1100. The molecule has 4 heterocycles. The maximum Gasteiger partial charge on any atom is 0.234 e. The average Bonchev–Trinajstić information content (AvgIpc) is 3.47. The molecule has 5 rings (SSSR count). The smallest absolute Gasteiger partial charge is 0.234 e. The molecule has 0 spiro atoms. The van der Waals surface area contributed by atoms with Crippen molar-refractivity contribution >= 4 is 39.5 Å². The van der Waals surface area contributed by atoms with Crippen molar-refractivity contribution in [3.8, 4) is 0 Å². The number of furan rings is 1. The van der Waals surface area contributed by atoms with Crippen LogP contribution in [0.25, 0.3) is 11.0 Å². The molecule has 0 unspecified atom stereocenters. The first kappa shape index (κ1) is 18.6. The van der Waals surface area contributed by atoms with Crippen LogP contribution in [0.2, 0.25) is 0 Å². The van der Waals surface area contributed by atoms with E-state index in [0.717, 1.165) is 29.7 Å². The molecule has 0 aliphatic carbocycles. The number of amides is 1. The summed E-state index contributed by atoms with van der Waals surface area (Å²) in [5.74, 6) is 0.811. The highest BCUT2D eigenvalue weighted by atomic mass is 32.1. The van der Waals surface area contributed by atoms with Crippen molar-refractivity contribution in [2.24, 2.45) is 0 Å². The minimum atomic E-state index is -0.170. The fourth-order valence-electron chi connectivity index (χ4n) is 4.08. The molecule has 29 heavy (non-hydrogen) atoms. The Balaban J connectivity index is 1.32. The summed E-state index contributed by atoms with van der Waals surface area (Å²) in [6.45, 7) is 3.24. The molecule has 0 radical (unpaired) electrons. The standard InChI is InChI=1S/C23H22N2O2S2/c1-15(19-13-16-5-2-3-6-18(16)27-19)24-22(26)14-25-10-8-20-17(9-12-29-20)23(25)21-7-4-11-28-21/h2-7,9,11-13,15,23H,8,10,14H2,1H3,(H,24,26)/t15-,23-/m0/s1. The second-order valence-corrected chi connectivity index (χ2v) is 9.39. The Morgan fingerprint density at radius 1 is 1.21 bits per heavy atom. The van der Waals surface area contributed by atoms with E-state index >= 15 is 0 Å². The summed E-state index contributed by atoms with van der Waals surface area (Å²) in [5, 5.41) is 8.45. The molecule has 3 aromatic heterocycles. The molecule has 1 aromatic carbocycles. The van der Waals surface area contributed by atoms with E-state index in [1.807, 2.05) is 48.6 Å². The molecule has 1 aliphatic rings. The number of thiophene rings is 2. The third kappa shape index (κ3) is 3.64. The van der Waals surface area contributed by atoms with Crippen molar-refractivity contribution in [1.29, 1.82) is 0 Å². The van der Waals surface area contributed by atoms with Gasteiger partial charge in [-0.3, -0.25) is 9.69 Å². The monoisotopic (exact) mass is 422 g/mol. The Labute approximate surface area is 177 Å². The lowest BCUT2D eigenvalue weighted by Crippen LogP contribution is -2.43. The van der Waals surface area contributed by atoms with Gasteiger partial charge in [0.05, 0.1) is 18.6 Å². The quantitative estimate of drug-likeness (QED) is 0.470. The van der Waals surface area contributed by atoms with Crippen LogP contribution in [0, 0.1) is 0 Å². The van der Waals surface area contributed by atoms with E-state index in [4.69, 9.17) is 4.42 Å². The van der Waals surface area contributed by atoms with Gasteiger partial charge >= 0.3 is 0 Å². The molecular weight excluding hydrogens is 400 g/mol. The Hall–Kier alpha value is -2.41. The van der Waals surface area contributed by atoms with Crippen LogP contribution in [0.15, 0.2) is 63.7 Å². The molecule has 0 saturated carbocycles. The molecule has 1 N–H and O–H groups in total. The zero-order chi connectivity index (χ0) is 19.8. The van der Waals surface area contributed by atoms with Gasteiger partial charge in [-0.25, -0.2) is 0 Å². The highest BCUT2D eigenvalue weighted by molar-refractivity contribution is 7.10. The normalized spacial score (nSPS) is 17.9. The molecule has 2 atom stereocenters. The molecule has 0 saturated heterocycles. The second kappa shape index (κ2) is 7.78. The highest BCUT2D eigenvalue weighted by Crippen LogP contribution is 2.39. The van der Waals surface area contributed by atoms with Gasteiger partial charge in [0.2, 0.25) is 5.91 Å². The van der Waals surface area contributed by atoms with E-state index in [-0.39, 0.29) is 18.0 Å². The Morgan fingerprint density at radius 3 is 2.93 bits per heavy atom. The Kier molecular flexibility index (Phi) is 4.99. The summed E-state index contributed by atoms with van der Waals surface area (Å²) in [6.07, 6.45) is 1.00. The van der Waals surface area contributed by atoms with Crippen LogP contribution in [-0.4, -0.2) is 23.9 Å². The number of para-hydroxylation sites is 1. The van der Waals surface area contributed by atoms with Crippen LogP contribution >= 0.6 is 22.7 Å². The van der Waals surface area contributed by atoms with E-state index in [9.17, 15) is 4.79 Å². The van der Waals surface area contributed by atoms with Gasteiger partial charge in [-0.05, 0) is 53.9 Å². The highest BCUT2D eigenvalue weighted by Gasteiger charge is 2.31. The van der Waals surface area contributed by atoms with E-state index in [1.54, 1.807) is 11.3 Å². The number of nitrogens with zero attached hydrogens (tertiary/aromatic N) is 1. The molecule has 4 nitrogen and oxygen atoms in total. The minimum Gasteiger partial charge on any atom is -0.459 e. The van der Waals surface area contributed by atoms with Crippen molar-refractivity contribution in [3.63, 3.8) is 0 Å². The summed E-state index contributed by atoms with van der Waals surface area (Å²) in [4.78, 5) is 17.9. The van der Waals surface area contributed by atoms with Crippen molar-refractivity contribution in [2.75, 3.05) is 13.1 Å². The van der Waals surface area contributed by atoms with Crippen LogP contribution in [0.4, 0.5) is 0 Å². The molecule has 148 valence electrons. The topological polar surface area (TPSA) is 45.5 Å². The van der Waals surface area contributed by atoms with Crippen molar-refractivity contribution < 1.29 is 9.21 Å². The number of benzene rings is 1.